The fraction of sp³-hybridized carbons (Fsp3) is 0.308. The highest BCUT2D eigenvalue weighted by molar-refractivity contribution is 6.16. The van der Waals surface area contributed by atoms with Crippen molar-refractivity contribution in [1.82, 2.24) is 4.90 Å². The number of Topliss-reactive ketones (excluding diaryl/α,β-unsaturated/α-hetero) is 1. The second kappa shape index (κ2) is 7.73. The second-order valence-corrected chi connectivity index (χ2v) is 9.01. The molecule has 3 aromatic rings. The summed E-state index contributed by atoms with van der Waals surface area (Å²) in [4.78, 5) is 27.9. The number of ketones is 1. The minimum absolute atomic E-state index is 0.0158. The summed E-state index contributed by atoms with van der Waals surface area (Å²) in [6, 6.07) is 16.3. The molecule has 0 radical (unpaired) electrons. The van der Waals surface area contributed by atoms with E-state index >= 15 is 0 Å². The number of aliphatic hydroxyl groups excluding tert-OH is 1. The highest BCUT2D eigenvalue weighted by atomic mass is 16.3. The average Bonchev–Trinajstić information content (AvgIpc) is 3.28. The summed E-state index contributed by atoms with van der Waals surface area (Å²) in [5, 5.41) is 11.5. The van der Waals surface area contributed by atoms with Gasteiger partial charge in [-0.2, -0.15) is 0 Å². The molecule has 1 N–H and O–H groups in total. The van der Waals surface area contributed by atoms with Crippen LogP contribution in [0, 0.1) is 0 Å². The maximum Gasteiger partial charge on any atom is 0.290 e. The van der Waals surface area contributed by atoms with Gasteiger partial charge in [0.25, 0.3) is 5.91 Å². The number of carbonyl (C=O) groups excluding carboxylic acids is 2. The molecule has 2 aromatic carbocycles. The molecule has 4 rings (SSSR count). The number of furan rings is 1. The number of benzene rings is 2. The Morgan fingerprint density at radius 2 is 1.77 bits per heavy atom. The minimum Gasteiger partial charge on any atom is -0.503 e. The summed E-state index contributed by atoms with van der Waals surface area (Å²) < 4.78 is 5.74. The van der Waals surface area contributed by atoms with Gasteiger partial charge in [0.2, 0.25) is 5.78 Å². The Balaban J connectivity index is 1.79. The van der Waals surface area contributed by atoms with E-state index in [1.54, 1.807) is 17.0 Å². The summed E-state index contributed by atoms with van der Waals surface area (Å²) >= 11 is 0. The van der Waals surface area contributed by atoms with Crippen molar-refractivity contribution >= 4 is 22.7 Å². The molecule has 0 aliphatic carbocycles. The number of hydrogen-bond donors (Lipinski definition) is 1. The van der Waals surface area contributed by atoms with Gasteiger partial charge in [-0.1, -0.05) is 70.2 Å². The van der Waals surface area contributed by atoms with Crippen LogP contribution in [-0.4, -0.2) is 28.2 Å². The third kappa shape index (κ3) is 3.65. The first-order chi connectivity index (χ1) is 14.7. The number of carbonyl (C=O) groups is 2. The molecule has 0 saturated heterocycles. The first-order valence-electron chi connectivity index (χ1n) is 10.6. The highest BCUT2D eigenvalue weighted by Gasteiger charge is 2.44. The van der Waals surface area contributed by atoms with E-state index in [2.05, 4.69) is 20.8 Å². The van der Waals surface area contributed by atoms with Gasteiger partial charge in [0, 0.05) is 11.9 Å². The lowest BCUT2D eigenvalue weighted by Crippen LogP contribution is -2.31. The molecule has 1 atom stereocenters. The van der Waals surface area contributed by atoms with E-state index in [0.29, 0.717) is 18.5 Å². The number of para-hydroxylation sites is 1. The van der Waals surface area contributed by atoms with Gasteiger partial charge in [-0.15, -0.1) is 0 Å². The van der Waals surface area contributed by atoms with E-state index in [9.17, 15) is 14.7 Å². The van der Waals surface area contributed by atoms with Crippen LogP contribution in [0.3, 0.4) is 0 Å². The van der Waals surface area contributed by atoms with Crippen LogP contribution in [-0.2, 0) is 10.2 Å². The average molecular weight is 418 g/mol. The molecule has 0 spiro atoms. The van der Waals surface area contributed by atoms with E-state index in [1.165, 1.54) is 0 Å². The van der Waals surface area contributed by atoms with Crippen LogP contribution in [0.2, 0.25) is 0 Å². The fourth-order valence-electron chi connectivity index (χ4n) is 4.10. The smallest absolute Gasteiger partial charge is 0.290 e. The fourth-order valence-corrected chi connectivity index (χ4v) is 4.10. The van der Waals surface area contributed by atoms with Gasteiger partial charge >= 0.3 is 0 Å². The SMILES string of the molecule is CCCN1C(=O)C(O)=C(C(=O)c2cc3ccccc3o2)C1c1ccc(C(C)(C)C)cc1. The molecule has 1 unspecified atom stereocenters. The largest absolute Gasteiger partial charge is 0.503 e. The molecule has 160 valence electrons. The summed E-state index contributed by atoms with van der Waals surface area (Å²) in [6.45, 7) is 8.79. The van der Waals surface area contributed by atoms with Crippen molar-refractivity contribution < 1.29 is 19.1 Å². The molecule has 2 heterocycles. The summed E-state index contributed by atoms with van der Waals surface area (Å²) in [7, 11) is 0. The third-order valence-electron chi connectivity index (χ3n) is 5.75. The van der Waals surface area contributed by atoms with Crippen molar-refractivity contribution in [1.29, 1.82) is 0 Å². The Bertz CT molecular complexity index is 1150. The van der Waals surface area contributed by atoms with Gasteiger partial charge < -0.3 is 14.4 Å². The Morgan fingerprint density at radius 1 is 1.10 bits per heavy atom. The van der Waals surface area contributed by atoms with E-state index in [-0.39, 0.29) is 16.7 Å². The number of aliphatic hydroxyl groups is 1. The van der Waals surface area contributed by atoms with Crippen LogP contribution in [0.15, 0.2) is 70.3 Å². The van der Waals surface area contributed by atoms with Gasteiger partial charge in [0.15, 0.2) is 11.5 Å². The van der Waals surface area contributed by atoms with Crippen molar-refractivity contribution in [2.75, 3.05) is 6.54 Å². The Kier molecular flexibility index (Phi) is 5.21. The molecule has 5 nitrogen and oxygen atoms in total. The van der Waals surface area contributed by atoms with Crippen LogP contribution in [0.25, 0.3) is 11.0 Å². The monoisotopic (exact) mass is 417 g/mol. The Labute approximate surface area is 182 Å². The Morgan fingerprint density at radius 3 is 2.39 bits per heavy atom. The van der Waals surface area contributed by atoms with E-state index in [1.807, 2.05) is 49.4 Å². The number of amides is 1. The van der Waals surface area contributed by atoms with Gasteiger partial charge in [-0.25, -0.2) is 0 Å². The molecule has 1 aromatic heterocycles. The van der Waals surface area contributed by atoms with Gasteiger partial charge in [-0.05, 0) is 35.1 Å². The van der Waals surface area contributed by atoms with Crippen molar-refractivity contribution in [3.05, 3.63) is 82.8 Å². The van der Waals surface area contributed by atoms with E-state index < -0.39 is 23.5 Å². The first kappa shape index (κ1) is 20.9. The zero-order valence-corrected chi connectivity index (χ0v) is 18.3. The highest BCUT2D eigenvalue weighted by Crippen LogP contribution is 2.40. The lowest BCUT2D eigenvalue weighted by molar-refractivity contribution is -0.129. The van der Waals surface area contributed by atoms with Crippen LogP contribution >= 0.6 is 0 Å². The predicted molar refractivity (Wildman–Crippen MR) is 120 cm³/mol. The maximum absolute atomic E-state index is 13.4. The zero-order valence-electron chi connectivity index (χ0n) is 18.3. The van der Waals surface area contributed by atoms with Gasteiger partial charge in [0.1, 0.15) is 5.58 Å². The second-order valence-electron chi connectivity index (χ2n) is 9.01. The molecule has 1 amide bonds. The van der Waals surface area contributed by atoms with E-state index in [4.69, 9.17) is 4.42 Å². The van der Waals surface area contributed by atoms with Crippen molar-refractivity contribution in [2.45, 2.75) is 45.6 Å². The quantitative estimate of drug-likeness (QED) is 0.539. The van der Waals surface area contributed by atoms with Crippen LogP contribution in [0.1, 0.15) is 61.8 Å². The molecule has 1 aliphatic rings. The molecular weight excluding hydrogens is 390 g/mol. The lowest BCUT2D eigenvalue weighted by Gasteiger charge is -2.27. The number of fused-ring (bicyclic) bond motifs is 1. The summed E-state index contributed by atoms with van der Waals surface area (Å²) in [5.74, 6) is -1.37. The summed E-state index contributed by atoms with van der Waals surface area (Å²) in [5.41, 5.74) is 2.59. The first-order valence-corrected chi connectivity index (χ1v) is 10.6. The predicted octanol–water partition coefficient (Wildman–Crippen LogP) is 5.72. The molecule has 0 saturated carbocycles. The molecule has 31 heavy (non-hydrogen) atoms. The lowest BCUT2D eigenvalue weighted by atomic mass is 9.85. The van der Waals surface area contributed by atoms with Crippen LogP contribution in [0.4, 0.5) is 0 Å². The minimum atomic E-state index is -0.651. The van der Waals surface area contributed by atoms with Crippen molar-refractivity contribution in [2.24, 2.45) is 0 Å². The normalized spacial score (nSPS) is 17.1. The van der Waals surface area contributed by atoms with Crippen LogP contribution < -0.4 is 0 Å². The third-order valence-corrected chi connectivity index (χ3v) is 5.75. The molecule has 1 aliphatic heterocycles. The molecule has 0 bridgehead atoms. The van der Waals surface area contributed by atoms with Crippen LogP contribution in [0.5, 0.6) is 0 Å². The summed E-state index contributed by atoms with van der Waals surface area (Å²) in [6.07, 6.45) is 0.710. The van der Waals surface area contributed by atoms with E-state index in [0.717, 1.165) is 16.5 Å². The molecular formula is C26H27NO4. The van der Waals surface area contributed by atoms with Gasteiger partial charge in [-0.3, -0.25) is 9.59 Å². The maximum atomic E-state index is 13.4. The number of nitrogens with zero attached hydrogens (tertiary/aromatic N) is 1. The number of rotatable bonds is 5. The Hall–Kier alpha value is -3.34. The topological polar surface area (TPSA) is 70.8 Å². The molecule has 5 heteroatoms. The zero-order chi connectivity index (χ0) is 22.3. The standard InChI is InChI=1S/C26H27NO4/c1-5-14-27-22(16-10-12-18(13-11-16)26(2,3)4)21(24(29)25(27)30)23(28)20-15-17-8-6-7-9-19(17)31-20/h6-13,15,22,29H,5,14H2,1-4H3. The van der Waals surface area contributed by atoms with Gasteiger partial charge in [0.05, 0.1) is 11.6 Å². The van der Waals surface area contributed by atoms with Crippen molar-refractivity contribution in [3.63, 3.8) is 0 Å². The number of hydrogen-bond acceptors (Lipinski definition) is 4. The van der Waals surface area contributed by atoms with Crippen molar-refractivity contribution in [3.8, 4) is 0 Å². The molecule has 0 fully saturated rings.